The van der Waals surface area contributed by atoms with Gasteiger partial charge >= 0.3 is 0 Å². The number of nitrogens with one attached hydrogen (secondary N) is 2. The highest BCUT2D eigenvalue weighted by Crippen LogP contribution is 2.13. The fourth-order valence-electron chi connectivity index (χ4n) is 1.93. The molecule has 0 fully saturated rings. The van der Waals surface area contributed by atoms with Crippen LogP contribution in [0.5, 0.6) is 5.75 Å². The summed E-state index contributed by atoms with van der Waals surface area (Å²) in [5, 5.41) is 5.94. The van der Waals surface area contributed by atoms with Crippen molar-refractivity contribution in [2.24, 2.45) is 0 Å². The number of aromatic nitrogens is 2. The zero-order valence-electron chi connectivity index (χ0n) is 13.5. The van der Waals surface area contributed by atoms with E-state index in [2.05, 4.69) is 20.6 Å². The lowest BCUT2D eigenvalue weighted by atomic mass is 10.2. The number of carbonyl (C=O) groups excluding carboxylic acids is 1. The van der Waals surface area contributed by atoms with E-state index in [0.29, 0.717) is 24.7 Å². The van der Waals surface area contributed by atoms with E-state index in [-0.39, 0.29) is 5.91 Å². The Labute approximate surface area is 135 Å². The van der Waals surface area contributed by atoms with Crippen LogP contribution in [0.4, 0.5) is 11.6 Å². The van der Waals surface area contributed by atoms with Gasteiger partial charge in [-0.2, -0.15) is 0 Å². The molecular formula is C16H21N5O2. The maximum atomic E-state index is 11.7. The predicted molar refractivity (Wildman–Crippen MR) is 89.5 cm³/mol. The standard InChI is InChI=1S/C16H21N5O2/c1-21(2)10-16(22)20-15-8-14(18-11-19-15)17-9-12-4-6-13(23-3)7-5-12/h4-8,11H,9-10H2,1-3H3,(H2,17,18,19,20,22). The van der Waals surface area contributed by atoms with Crippen LogP contribution in [0.2, 0.25) is 0 Å². The molecule has 0 saturated carbocycles. The second-order valence-electron chi connectivity index (χ2n) is 5.28. The van der Waals surface area contributed by atoms with E-state index in [1.807, 2.05) is 38.4 Å². The van der Waals surface area contributed by atoms with Gasteiger partial charge < -0.3 is 20.3 Å². The summed E-state index contributed by atoms with van der Waals surface area (Å²) in [6, 6.07) is 9.48. The average molecular weight is 315 g/mol. The molecule has 2 rings (SSSR count). The number of methoxy groups -OCH3 is 1. The van der Waals surface area contributed by atoms with E-state index in [4.69, 9.17) is 4.74 Å². The molecule has 0 bridgehead atoms. The van der Waals surface area contributed by atoms with Crippen molar-refractivity contribution in [3.05, 3.63) is 42.2 Å². The van der Waals surface area contributed by atoms with E-state index in [9.17, 15) is 4.79 Å². The van der Waals surface area contributed by atoms with Crippen molar-refractivity contribution >= 4 is 17.5 Å². The monoisotopic (exact) mass is 315 g/mol. The second kappa shape index (κ2) is 8.09. The molecule has 0 saturated heterocycles. The van der Waals surface area contributed by atoms with Crippen molar-refractivity contribution in [3.63, 3.8) is 0 Å². The summed E-state index contributed by atoms with van der Waals surface area (Å²) in [6.45, 7) is 0.921. The van der Waals surface area contributed by atoms with Crippen LogP contribution in [0.15, 0.2) is 36.7 Å². The maximum Gasteiger partial charge on any atom is 0.239 e. The molecule has 1 aromatic carbocycles. The lowest BCUT2D eigenvalue weighted by Gasteiger charge is -2.10. The first-order valence-corrected chi connectivity index (χ1v) is 7.20. The number of hydrogen-bond donors (Lipinski definition) is 2. The van der Waals surface area contributed by atoms with Gasteiger partial charge in [0.1, 0.15) is 23.7 Å². The minimum atomic E-state index is -0.116. The van der Waals surface area contributed by atoms with Crippen LogP contribution >= 0.6 is 0 Å². The summed E-state index contributed by atoms with van der Waals surface area (Å²) in [5.41, 5.74) is 1.10. The molecule has 0 spiro atoms. The van der Waals surface area contributed by atoms with Gasteiger partial charge in [0.2, 0.25) is 5.91 Å². The summed E-state index contributed by atoms with van der Waals surface area (Å²) in [4.78, 5) is 21.7. The molecule has 1 aromatic heterocycles. The highest BCUT2D eigenvalue weighted by molar-refractivity contribution is 5.91. The van der Waals surface area contributed by atoms with Gasteiger partial charge in [0.05, 0.1) is 13.7 Å². The zero-order valence-corrected chi connectivity index (χ0v) is 13.5. The molecule has 0 unspecified atom stereocenters. The number of carbonyl (C=O) groups is 1. The molecule has 2 aromatic rings. The van der Waals surface area contributed by atoms with Gasteiger partial charge in [-0.1, -0.05) is 12.1 Å². The second-order valence-corrected chi connectivity index (χ2v) is 5.28. The number of amides is 1. The zero-order chi connectivity index (χ0) is 16.7. The van der Waals surface area contributed by atoms with Gasteiger partial charge in [-0.05, 0) is 31.8 Å². The van der Waals surface area contributed by atoms with Gasteiger partial charge in [0, 0.05) is 12.6 Å². The van der Waals surface area contributed by atoms with E-state index < -0.39 is 0 Å². The summed E-state index contributed by atoms with van der Waals surface area (Å²) in [6.07, 6.45) is 1.42. The minimum Gasteiger partial charge on any atom is -0.497 e. The fraction of sp³-hybridized carbons (Fsp3) is 0.312. The van der Waals surface area contributed by atoms with Crippen LogP contribution in [0.25, 0.3) is 0 Å². The lowest BCUT2D eigenvalue weighted by Crippen LogP contribution is -2.27. The summed E-state index contributed by atoms with van der Waals surface area (Å²) in [5.74, 6) is 1.83. The number of ether oxygens (including phenoxy) is 1. The molecule has 23 heavy (non-hydrogen) atoms. The SMILES string of the molecule is COc1ccc(CNc2cc(NC(=O)CN(C)C)ncn2)cc1. The topological polar surface area (TPSA) is 79.4 Å². The first kappa shape index (κ1) is 16.7. The van der Waals surface area contributed by atoms with Gasteiger partial charge in [-0.25, -0.2) is 9.97 Å². The van der Waals surface area contributed by atoms with E-state index in [1.54, 1.807) is 18.1 Å². The van der Waals surface area contributed by atoms with E-state index >= 15 is 0 Å². The van der Waals surface area contributed by atoms with Crippen molar-refractivity contribution in [2.45, 2.75) is 6.54 Å². The summed E-state index contributed by atoms with van der Waals surface area (Å²) >= 11 is 0. The molecule has 1 amide bonds. The Morgan fingerprint density at radius 1 is 1.17 bits per heavy atom. The van der Waals surface area contributed by atoms with Gasteiger partial charge in [-0.15, -0.1) is 0 Å². The third-order valence-electron chi connectivity index (χ3n) is 3.03. The molecule has 7 nitrogen and oxygen atoms in total. The molecule has 0 atom stereocenters. The Hall–Kier alpha value is -2.67. The first-order valence-electron chi connectivity index (χ1n) is 7.20. The van der Waals surface area contributed by atoms with Crippen molar-refractivity contribution in [3.8, 4) is 5.75 Å². The van der Waals surface area contributed by atoms with Crippen molar-refractivity contribution in [1.29, 1.82) is 0 Å². The molecule has 122 valence electrons. The van der Waals surface area contributed by atoms with Crippen molar-refractivity contribution < 1.29 is 9.53 Å². The normalized spacial score (nSPS) is 10.4. The molecular weight excluding hydrogens is 294 g/mol. The first-order chi connectivity index (χ1) is 11.1. The van der Waals surface area contributed by atoms with E-state index in [0.717, 1.165) is 11.3 Å². The van der Waals surface area contributed by atoms with Gasteiger partial charge in [0.15, 0.2) is 0 Å². The van der Waals surface area contributed by atoms with Crippen LogP contribution < -0.4 is 15.4 Å². The Morgan fingerprint density at radius 3 is 2.52 bits per heavy atom. The minimum absolute atomic E-state index is 0.116. The van der Waals surface area contributed by atoms with Crippen LogP contribution in [-0.2, 0) is 11.3 Å². The third kappa shape index (κ3) is 5.55. The Kier molecular flexibility index (Phi) is 5.87. The molecule has 0 aliphatic heterocycles. The average Bonchev–Trinajstić information content (AvgIpc) is 2.53. The van der Waals surface area contributed by atoms with Crippen molar-refractivity contribution in [2.75, 3.05) is 38.4 Å². The number of likely N-dealkylation sites (N-methyl/N-ethyl adjacent to an activating group) is 1. The number of nitrogens with zero attached hydrogens (tertiary/aromatic N) is 3. The number of rotatable bonds is 7. The number of hydrogen-bond acceptors (Lipinski definition) is 6. The highest BCUT2D eigenvalue weighted by atomic mass is 16.5. The summed E-state index contributed by atoms with van der Waals surface area (Å²) < 4.78 is 5.13. The maximum absolute atomic E-state index is 11.7. The molecule has 0 aliphatic rings. The van der Waals surface area contributed by atoms with Crippen molar-refractivity contribution in [1.82, 2.24) is 14.9 Å². The lowest BCUT2D eigenvalue weighted by molar-refractivity contribution is -0.116. The molecule has 1 heterocycles. The van der Waals surface area contributed by atoms with Crippen LogP contribution in [0, 0.1) is 0 Å². The third-order valence-corrected chi connectivity index (χ3v) is 3.03. The fourth-order valence-corrected chi connectivity index (χ4v) is 1.93. The highest BCUT2D eigenvalue weighted by Gasteiger charge is 2.05. The predicted octanol–water partition coefficient (Wildman–Crippen LogP) is 1.60. The molecule has 0 radical (unpaired) electrons. The Balaban J connectivity index is 1.92. The number of anilines is 2. The Bertz CT molecular complexity index is 643. The van der Waals surface area contributed by atoms with Crippen LogP contribution in [0.1, 0.15) is 5.56 Å². The quantitative estimate of drug-likeness (QED) is 0.808. The smallest absolute Gasteiger partial charge is 0.239 e. The summed E-state index contributed by atoms with van der Waals surface area (Å²) in [7, 11) is 5.31. The van der Waals surface area contributed by atoms with Gasteiger partial charge in [0.25, 0.3) is 0 Å². The molecule has 0 aliphatic carbocycles. The Morgan fingerprint density at radius 2 is 1.87 bits per heavy atom. The van der Waals surface area contributed by atoms with Crippen LogP contribution in [0.3, 0.4) is 0 Å². The number of benzene rings is 1. The van der Waals surface area contributed by atoms with Crippen LogP contribution in [-0.4, -0.2) is 48.5 Å². The van der Waals surface area contributed by atoms with Gasteiger partial charge in [-0.3, -0.25) is 4.79 Å². The molecule has 7 heteroatoms. The van der Waals surface area contributed by atoms with E-state index in [1.165, 1.54) is 6.33 Å². The molecule has 2 N–H and O–H groups in total. The largest absolute Gasteiger partial charge is 0.497 e.